The van der Waals surface area contributed by atoms with Crippen molar-refractivity contribution < 1.29 is 14.1 Å². The molecule has 138 valence electrons. The Bertz CT molecular complexity index is 1020. The summed E-state index contributed by atoms with van der Waals surface area (Å²) >= 11 is 1.14. The maximum atomic E-state index is 13.0. The molecule has 0 aliphatic heterocycles. The molecule has 7 nitrogen and oxygen atoms in total. The number of anilines is 3. The normalized spacial score (nSPS) is 10.5. The number of aryl methyl sites for hydroxylation is 2. The summed E-state index contributed by atoms with van der Waals surface area (Å²) < 4.78 is 13.0. The number of hydrogen-bond acceptors (Lipinski definition) is 6. The molecule has 0 saturated carbocycles. The lowest BCUT2D eigenvalue weighted by atomic mass is 10.2. The summed E-state index contributed by atoms with van der Waals surface area (Å²) in [6.07, 6.45) is 0. The van der Waals surface area contributed by atoms with E-state index in [-0.39, 0.29) is 11.5 Å². The Kier molecular flexibility index (Phi) is 5.13. The quantitative estimate of drug-likeness (QED) is 0.485. The van der Waals surface area contributed by atoms with Gasteiger partial charge in [0.15, 0.2) is 5.13 Å². The van der Waals surface area contributed by atoms with Gasteiger partial charge in [0.1, 0.15) is 10.7 Å². The van der Waals surface area contributed by atoms with Crippen molar-refractivity contribution in [1.29, 1.82) is 0 Å². The number of nitro benzene ring substituents is 1. The third kappa shape index (κ3) is 4.26. The molecule has 0 atom stereocenters. The Labute approximate surface area is 158 Å². The van der Waals surface area contributed by atoms with Gasteiger partial charge in [-0.25, -0.2) is 9.37 Å². The van der Waals surface area contributed by atoms with E-state index in [0.29, 0.717) is 32.6 Å². The molecule has 3 rings (SSSR count). The molecule has 1 heterocycles. The molecule has 0 aliphatic carbocycles. The van der Waals surface area contributed by atoms with Gasteiger partial charge in [-0.15, -0.1) is 0 Å². The van der Waals surface area contributed by atoms with Crippen LogP contribution in [0.15, 0.2) is 42.5 Å². The first-order chi connectivity index (χ1) is 12.8. The standard InChI is InChI=1S/C18H15FN4O3S/c1-10-3-8-14(23(25)26)9-15(10)22-17(24)16-11(2)20-18(27-16)21-13-6-4-12(19)5-7-13/h3-9H,1-2H3,(H,20,21)(H,22,24). The number of benzene rings is 2. The molecule has 3 aromatic rings. The van der Waals surface area contributed by atoms with E-state index in [9.17, 15) is 19.3 Å². The number of halogens is 1. The molecule has 0 saturated heterocycles. The smallest absolute Gasteiger partial charge is 0.271 e. The number of nitrogens with zero attached hydrogens (tertiary/aromatic N) is 2. The second-order valence-electron chi connectivity index (χ2n) is 5.78. The molecule has 27 heavy (non-hydrogen) atoms. The van der Waals surface area contributed by atoms with E-state index in [4.69, 9.17) is 0 Å². The van der Waals surface area contributed by atoms with Gasteiger partial charge in [0.2, 0.25) is 0 Å². The molecule has 0 aliphatic rings. The topological polar surface area (TPSA) is 97.2 Å². The van der Waals surface area contributed by atoms with E-state index in [0.717, 1.165) is 11.3 Å². The highest BCUT2D eigenvalue weighted by molar-refractivity contribution is 7.17. The van der Waals surface area contributed by atoms with Gasteiger partial charge in [0.05, 0.1) is 16.3 Å². The number of carbonyl (C=O) groups excluding carboxylic acids is 1. The largest absolute Gasteiger partial charge is 0.332 e. The third-order valence-corrected chi connectivity index (χ3v) is 4.85. The fourth-order valence-electron chi connectivity index (χ4n) is 2.35. The summed E-state index contributed by atoms with van der Waals surface area (Å²) in [5.41, 5.74) is 2.14. The maximum Gasteiger partial charge on any atom is 0.271 e. The molecule has 0 fully saturated rings. The van der Waals surface area contributed by atoms with Crippen molar-refractivity contribution in [1.82, 2.24) is 4.98 Å². The highest BCUT2D eigenvalue weighted by Gasteiger charge is 2.18. The number of amides is 1. The van der Waals surface area contributed by atoms with E-state index >= 15 is 0 Å². The maximum absolute atomic E-state index is 13.0. The van der Waals surface area contributed by atoms with Crippen molar-refractivity contribution in [3.05, 3.63) is 74.5 Å². The van der Waals surface area contributed by atoms with Gasteiger partial charge in [-0.1, -0.05) is 17.4 Å². The van der Waals surface area contributed by atoms with Crippen molar-refractivity contribution >= 4 is 39.4 Å². The zero-order chi connectivity index (χ0) is 19.6. The third-order valence-electron chi connectivity index (χ3n) is 3.78. The monoisotopic (exact) mass is 386 g/mol. The summed E-state index contributed by atoms with van der Waals surface area (Å²) in [6.45, 7) is 3.45. The molecule has 2 N–H and O–H groups in total. The molecule has 2 aromatic carbocycles. The Hall–Kier alpha value is -3.33. The lowest BCUT2D eigenvalue weighted by Gasteiger charge is -2.07. The van der Waals surface area contributed by atoms with Crippen LogP contribution in [0, 0.1) is 29.8 Å². The van der Waals surface area contributed by atoms with Gasteiger partial charge in [0, 0.05) is 17.8 Å². The summed E-state index contributed by atoms with van der Waals surface area (Å²) in [5.74, 6) is -0.746. The Morgan fingerprint density at radius 1 is 1.19 bits per heavy atom. The van der Waals surface area contributed by atoms with Gasteiger partial charge in [0.25, 0.3) is 11.6 Å². The summed E-state index contributed by atoms with van der Waals surface area (Å²) in [4.78, 5) is 27.7. The zero-order valence-electron chi connectivity index (χ0n) is 14.4. The van der Waals surface area contributed by atoms with Crippen LogP contribution in [-0.2, 0) is 0 Å². The van der Waals surface area contributed by atoms with Crippen LogP contribution in [0.4, 0.5) is 26.6 Å². The molecule has 0 bridgehead atoms. The van der Waals surface area contributed by atoms with Crippen LogP contribution < -0.4 is 10.6 Å². The molecule has 1 amide bonds. The van der Waals surface area contributed by atoms with Gasteiger partial charge < -0.3 is 10.6 Å². The highest BCUT2D eigenvalue weighted by atomic mass is 32.1. The van der Waals surface area contributed by atoms with Crippen molar-refractivity contribution in [2.75, 3.05) is 10.6 Å². The van der Waals surface area contributed by atoms with Crippen LogP contribution in [0.2, 0.25) is 0 Å². The number of aromatic nitrogens is 1. The average molecular weight is 386 g/mol. The number of non-ortho nitro benzene ring substituents is 1. The van der Waals surface area contributed by atoms with Crippen molar-refractivity contribution in [3.63, 3.8) is 0 Å². The SMILES string of the molecule is Cc1ccc([N+](=O)[O-])cc1NC(=O)c1sc(Nc2ccc(F)cc2)nc1C. The molecule has 0 radical (unpaired) electrons. The predicted molar refractivity (Wildman–Crippen MR) is 102 cm³/mol. The second kappa shape index (κ2) is 7.50. The molecule has 9 heteroatoms. The summed E-state index contributed by atoms with van der Waals surface area (Å²) in [5, 5.41) is 17.1. The first-order valence-electron chi connectivity index (χ1n) is 7.90. The van der Waals surface area contributed by atoms with Crippen LogP contribution in [0.5, 0.6) is 0 Å². The highest BCUT2D eigenvalue weighted by Crippen LogP contribution is 2.28. The number of hydrogen-bond donors (Lipinski definition) is 2. The average Bonchev–Trinajstić information content (AvgIpc) is 2.99. The number of nitrogens with one attached hydrogen (secondary N) is 2. The van der Waals surface area contributed by atoms with Crippen LogP contribution in [0.25, 0.3) is 0 Å². The first kappa shape index (κ1) is 18.5. The van der Waals surface area contributed by atoms with Gasteiger partial charge in [-0.05, 0) is 43.7 Å². The molecule has 0 spiro atoms. The van der Waals surface area contributed by atoms with E-state index in [1.54, 1.807) is 32.0 Å². The predicted octanol–water partition coefficient (Wildman–Crippen LogP) is 4.80. The van der Waals surface area contributed by atoms with Gasteiger partial charge >= 0.3 is 0 Å². The van der Waals surface area contributed by atoms with E-state index in [1.165, 1.54) is 24.3 Å². The fourth-order valence-corrected chi connectivity index (χ4v) is 3.24. The molecule has 1 aromatic heterocycles. The van der Waals surface area contributed by atoms with E-state index in [2.05, 4.69) is 15.6 Å². The molecular formula is C18H15FN4O3S. The minimum Gasteiger partial charge on any atom is -0.332 e. The zero-order valence-corrected chi connectivity index (χ0v) is 15.3. The minimum absolute atomic E-state index is 0.101. The Morgan fingerprint density at radius 3 is 2.56 bits per heavy atom. The summed E-state index contributed by atoms with van der Waals surface area (Å²) in [7, 11) is 0. The lowest BCUT2D eigenvalue weighted by Crippen LogP contribution is -2.12. The fraction of sp³-hybridized carbons (Fsp3) is 0.111. The molecule has 0 unspecified atom stereocenters. The number of thiazole rings is 1. The molecular weight excluding hydrogens is 371 g/mol. The van der Waals surface area contributed by atoms with Crippen molar-refractivity contribution in [2.45, 2.75) is 13.8 Å². The second-order valence-corrected chi connectivity index (χ2v) is 6.77. The van der Waals surface area contributed by atoms with Gasteiger partial charge in [-0.2, -0.15) is 0 Å². The van der Waals surface area contributed by atoms with Crippen LogP contribution in [-0.4, -0.2) is 15.8 Å². The number of nitro groups is 1. The number of rotatable bonds is 5. The minimum atomic E-state index is -0.516. The van der Waals surface area contributed by atoms with Crippen molar-refractivity contribution in [3.8, 4) is 0 Å². The van der Waals surface area contributed by atoms with E-state index in [1.807, 2.05) is 0 Å². The summed E-state index contributed by atoms with van der Waals surface area (Å²) in [6, 6.07) is 10.1. The first-order valence-corrected chi connectivity index (χ1v) is 8.71. The lowest BCUT2D eigenvalue weighted by molar-refractivity contribution is -0.384. The van der Waals surface area contributed by atoms with Crippen LogP contribution in [0.1, 0.15) is 20.9 Å². The van der Waals surface area contributed by atoms with Crippen LogP contribution in [0.3, 0.4) is 0 Å². The Morgan fingerprint density at radius 2 is 1.89 bits per heavy atom. The van der Waals surface area contributed by atoms with Crippen LogP contribution >= 0.6 is 11.3 Å². The Balaban J connectivity index is 1.79. The van der Waals surface area contributed by atoms with Gasteiger partial charge in [-0.3, -0.25) is 14.9 Å². The van der Waals surface area contributed by atoms with Crippen molar-refractivity contribution in [2.24, 2.45) is 0 Å². The number of carbonyl (C=O) groups is 1. The van der Waals surface area contributed by atoms with E-state index < -0.39 is 10.8 Å².